The summed E-state index contributed by atoms with van der Waals surface area (Å²) in [7, 11) is 1.63. The molecule has 0 saturated carbocycles. The standard InChI is InChI=1S/C20H24ClN3O3/c1-26-17-5-2-15(3-6-17)13-23-20(25)14-22-18-12-16(21)4-7-19(18)24-8-10-27-11-9-24/h2-7,12,22H,8-11,13-14H2,1H3,(H,23,25). The molecule has 0 spiro atoms. The summed E-state index contributed by atoms with van der Waals surface area (Å²) in [5, 5.41) is 6.75. The zero-order valence-corrected chi connectivity index (χ0v) is 16.1. The summed E-state index contributed by atoms with van der Waals surface area (Å²) >= 11 is 6.14. The van der Waals surface area contributed by atoms with Crippen LogP contribution in [0, 0.1) is 0 Å². The van der Waals surface area contributed by atoms with Crippen molar-refractivity contribution < 1.29 is 14.3 Å². The fraction of sp³-hybridized carbons (Fsp3) is 0.350. The zero-order chi connectivity index (χ0) is 19.1. The van der Waals surface area contributed by atoms with E-state index in [2.05, 4.69) is 15.5 Å². The number of benzene rings is 2. The molecule has 0 radical (unpaired) electrons. The second-order valence-electron chi connectivity index (χ2n) is 6.24. The molecule has 27 heavy (non-hydrogen) atoms. The first-order chi connectivity index (χ1) is 13.2. The Balaban J connectivity index is 1.55. The third kappa shape index (κ3) is 5.52. The minimum absolute atomic E-state index is 0.0845. The number of rotatable bonds is 7. The summed E-state index contributed by atoms with van der Waals surface area (Å²) in [4.78, 5) is 14.5. The minimum Gasteiger partial charge on any atom is -0.497 e. The fourth-order valence-electron chi connectivity index (χ4n) is 2.91. The number of hydrogen-bond acceptors (Lipinski definition) is 5. The largest absolute Gasteiger partial charge is 0.497 e. The second kappa shape index (κ2) is 9.48. The van der Waals surface area contributed by atoms with Gasteiger partial charge in [0.25, 0.3) is 0 Å². The highest BCUT2D eigenvalue weighted by atomic mass is 35.5. The molecule has 1 aliphatic rings. The Bertz CT molecular complexity index is 762. The van der Waals surface area contributed by atoms with E-state index in [4.69, 9.17) is 21.1 Å². The van der Waals surface area contributed by atoms with Crippen molar-refractivity contribution >= 4 is 28.9 Å². The molecule has 2 aromatic carbocycles. The molecule has 7 heteroatoms. The summed E-state index contributed by atoms with van der Waals surface area (Å²) in [6, 6.07) is 13.3. The smallest absolute Gasteiger partial charge is 0.239 e. The van der Waals surface area contributed by atoms with Crippen LogP contribution < -0.4 is 20.3 Å². The predicted octanol–water partition coefficient (Wildman–Crippen LogP) is 2.91. The van der Waals surface area contributed by atoms with Gasteiger partial charge in [-0.2, -0.15) is 0 Å². The summed E-state index contributed by atoms with van der Waals surface area (Å²) in [5.74, 6) is 0.710. The fourth-order valence-corrected chi connectivity index (χ4v) is 3.08. The van der Waals surface area contributed by atoms with Crippen molar-refractivity contribution in [2.75, 3.05) is 50.2 Å². The van der Waals surface area contributed by atoms with Gasteiger partial charge in [-0.3, -0.25) is 4.79 Å². The van der Waals surface area contributed by atoms with Crippen molar-refractivity contribution in [3.05, 3.63) is 53.1 Å². The lowest BCUT2D eigenvalue weighted by Gasteiger charge is -2.30. The maximum Gasteiger partial charge on any atom is 0.239 e. The van der Waals surface area contributed by atoms with Gasteiger partial charge in [0.05, 0.1) is 38.2 Å². The van der Waals surface area contributed by atoms with Gasteiger partial charge < -0.3 is 25.0 Å². The molecule has 2 aromatic rings. The van der Waals surface area contributed by atoms with Crippen LogP contribution in [0.5, 0.6) is 5.75 Å². The first-order valence-electron chi connectivity index (χ1n) is 8.91. The van der Waals surface area contributed by atoms with E-state index < -0.39 is 0 Å². The number of methoxy groups -OCH3 is 1. The van der Waals surface area contributed by atoms with Crippen LogP contribution in [0.1, 0.15) is 5.56 Å². The van der Waals surface area contributed by atoms with Gasteiger partial charge in [-0.25, -0.2) is 0 Å². The first kappa shape index (κ1) is 19.3. The van der Waals surface area contributed by atoms with E-state index >= 15 is 0 Å². The lowest BCUT2D eigenvalue weighted by molar-refractivity contribution is -0.119. The maximum absolute atomic E-state index is 12.2. The summed E-state index contributed by atoms with van der Waals surface area (Å²) < 4.78 is 10.5. The summed E-state index contributed by atoms with van der Waals surface area (Å²) in [6.45, 7) is 3.68. The molecule has 1 amide bonds. The van der Waals surface area contributed by atoms with Gasteiger partial charge in [0.15, 0.2) is 0 Å². The highest BCUT2D eigenvalue weighted by molar-refractivity contribution is 6.31. The Kier molecular flexibility index (Phi) is 6.79. The number of ether oxygens (including phenoxy) is 2. The van der Waals surface area contributed by atoms with Gasteiger partial charge >= 0.3 is 0 Å². The van der Waals surface area contributed by atoms with Crippen molar-refractivity contribution in [3.8, 4) is 5.75 Å². The molecule has 6 nitrogen and oxygen atoms in total. The molecule has 2 N–H and O–H groups in total. The molecule has 1 heterocycles. The van der Waals surface area contributed by atoms with E-state index in [0.29, 0.717) is 24.8 Å². The van der Waals surface area contributed by atoms with Crippen molar-refractivity contribution in [2.24, 2.45) is 0 Å². The molecule has 1 fully saturated rings. The van der Waals surface area contributed by atoms with Crippen LogP contribution in [-0.4, -0.2) is 45.9 Å². The zero-order valence-electron chi connectivity index (χ0n) is 15.3. The van der Waals surface area contributed by atoms with Crippen molar-refractivity contribution in [1.82, 2.24) is 5.32 Å². The molecular weight excluding hydrogens is 366 g/mol. The van der Waals surface area contributed by atoms with Crippen molar-refractivity contribution in [3.63, 3.8) is 0 Å². The van der Waals surface area contributed by atoms with Crippen LogP contribution in [0.25, 0.3) is 0 Å². The highest BCUT2D eigenvalue weighted by Gasteiger charge is 2.15. The molecule has 1 aliphatic heterocycles. The van der Waals surface area contributed by atoms with Gasteiger partial charge in [-0.1, -0.05) is 23.7 Å². The SMILES string of the molecule is COc1ccc(CNC(=O)CNc2cc(Cl)ccc2N2CCOCC2)cc1. The average Bonchev–Trinajstić information content (AvgIpc) is 2.72. The van der Waals surface area contributed by atoms with Crippen LogP contribution in [0.3, 0.4) is 0 Å². The van der Waals surface area contributed by atoms with Crippen LogP contribution >= 0.6 is 11.6 Å². The van der Waals surface area contributed by atoms with E-state index in [1.165, 1.54) is 0 Å². The topological polar surface area (TPSA) is 62.8 Å². The van der Waals surface area contributed by atoms with Crippen molar-refractivity contribution in [1.29, 1.82) is 0 Å². The lowest BCUT2D eigenvalue weighted by atomic mass is 10.2. The first-order valence-corrected chi connectivity index (χ1v) is 9.29. The van der Waals surface area contributed by atoms with E-state index in [-0.39, 0.29) is 12.5 Å². The molecule has 0 aliphatic carbocycles. The van der Waals surface area contributed by atoms with Gasteiger partial charge in [-0.05, 0) is 35.9 Å². The molecule has 144 valence electrons. The number of hydrogen-bond donors (Lipinski definition) is 2. The quantitative estimate of drug-likeness (QED) is 0.762. The molecular formula is C20H24ClN3O3. The third-order valence-electron chi connectivity index (χ3n) is 4.40. The highest BCUT2D eigenvalue weighted by Crippen LogP contribution is 2.29. The molecule has 1 saturated heterocycles. The summed E-state index contributed by atoms with van der Waals surface area (Å²) in [5.41, 5.74) is 2.90. The van der Waals surface area contributed by atoms with Crippen molar-refractivity contribution in [2.45, 2.75) is 6.54 Å². The lowest BCUT2D eigenvalue weighted by Crippen LogP contribution is -2.37. The van der Waals surface area contributed by atoms with Crippen LogP contribution in [-0.2, 0) is 16.1 Å². The Morgan fingerprint density at radius 1 is 1.19 bits per heavy atom. The Hall–Kier alpha value is -2.44. The van der Waals surface area contributed by atoms with Crippen LogP contribution in [0.2, 0.25) is 5.02 Å². The van der Waals surface area contributed by atoms with Gasteiger partial charge in [0, 0.05) is 24.7 Å². The minimum atomic E-state index is -0.0845. The number of carbonyl (C=O) groups is 1. The Morgan fingerprint density at radius 2 is 1.93 bits per heavy atom. The Morgan fingerprint density at radius 3 is 2.63 bits per heavy atom. The normalized spacial score (nSPS) is 13.9. The van der Waals surface area contributed by atoms with E-state index in [9.17, 15) is 4.79 Å². The number of nitrogens with zero attached hydrogens (tertiary/aromatic N) is 1. The van der Waals surface area contributed by atoms with E-state index in [0.717, 1.165) is 35.8 Å². The monoisotopic (exact) mass is 389 g/mol. The van der Waals surface area contributed by atoms with E-state index in [1.54, 1.807) is 7.11 Å². The molecule has 0 atom stereocenters. The number of morpholine rings is 1. The number of halogens is 1. The van der Waals surface area contributed by atoms with Gasteiger partial charge in [-0.15, -0.1) is 0 Å². The third-order valence-corrected chi connectivity index (χ3v) is 4.63. The van der Waals surface area contributed by atoms with Crippen LogP contribution in [0.15, 0.2) is 42.5 Å². The number of nitrogens with one attached hydrogen (secondary N) is 2. The molecule has 0 bridgehead atoms. The van der Waals surface area contributed by atoms with Gasteiger partial charge in [0.2, 0.25) is 5.91 Å². The van der Waals surface area contributed by atoms with Gasteiger partial charge in [0.1, 0.15) is 5.75 Å². The number of anilines is 2. The second-order valence-corrected chi connectivity index (χ2v) is 6.68. The molecule has 0 unspecified atom stereocenters. The maximum atomic E-state index is 12.2. The number of carbonyl (C=O) groups excluding carboxylic acids is 1. The molecule has 3 rings (SSSR count). The summed E-state index contributed by atoms with van der Waals surface area (Å²) in [6.07, 6.45) is 0. The van der Waals surface area contributed by atoms with Crippen LogP contribution in [0.4, 0.5) is 11.4 Å². The molecule has 0 aromatic heterocycles. The predicted molar refractivity (Wildman–Crippen MR) is 108 cm³/mol. The average molecular weight is 390 g/mol. The Labute approximate surface area is 164 Å². The number of amides is 1. The van der Waals surface area contributed by atoms with E-state index in [1.807, 2.05) is 42.5 Å².